The lowest BCUT2D eigenvalue weighted by atomic mass is 10.1. The second-order valence-corrected chi connectivity index (χ2v) is 5.67. The fraction of sp³-hybridized carbons (Fsp3) is 0.250. The monoisotopic (exact) mass is 273 g/mol. The van der Waals surface area contributed by atoms with Crippen LogP contribution in [0.25, 0.3) is 0 Å². The molecule has 1 unspecified atom stereocenters. The third-order valence-corrected chi connectivity index (χ3v) is 4.27. The van der Waals surface area contributed by atoms with Gasteiger partial charge >= 0.3 is 0 Å². The fourth-order valence-electron chi connectivity index (χ4n) is 1.95. The molecule has 2 aromatic carbocycles. The summed E-state index contributed by atoms with van der Waals surface area (Å²) in [5.74, 6) is 0.901. The molecule has 1 atom stereocenters. The maximum atomic E-state index is 5.93. The molecule has 0 aromatic heterocycles. The first-order chi connectivity index (χ1) is 9.24. The average Bonchev–Trinajstić information content (AvgIpc) is 2.46. The largest absolute Gasteiger partial charge is 0.496 e. The van der Waals surface area contributed by atoms with E-state index in [-0.39, 0.29) is 5.25 Å². The molecule has 2 nitrogen and oxygen atoms in total. The van der Waals surface area contributed by atoms with Crippen LogP contribution in [-0.4, -0.2) is 13.7 Å². The molecule has 2 rings (SSSR count). The van der Waals surface area contributed by atoms with Crippen molar-refractivity contribution in [3.8, 4) is 5.75 Å². The summed E-state index contributed by atoms with van der Waals surface area (Å²) >= 11 is 1.78. The molecule has 0 aliphatic rings. The van der Waals surface area contributed by atoms with Crippen molar-refractivity contribution in [2.24, 2.45) is 5.73 Å². The summed E-state index contributed by atoms with van der Waals surface area (Å²) in [7, 11) is 1.70. The van der Waals surface area contributed by atoms with Crippen LogP contribution in [0.3, 0.4) is 0 Å². The first-order valence-electron chi connectivity index (χ1n) is 6.31. The minimum atomic E-state index is 0.207. The highest BCUT2D eigenvalue weighted by Gasteiger charge is 2.15. The molecule has 0 saturated heterocycles. The zero-order valence-corrected chi connectivity index (χ0v) is 12.1. The number of rotatable bonds is 5. The van der Waals surface area contributed by atoms with Gasteiger partial charge in [-0.05, 0) is 25.1 Å². The lowest BCUT2D eigenvalue weighted by Crippen LogP contribution is -2.10. The topological polar surface area (TPSA) is 35.2 Å². The van der Waals surface area contributed by atoms with Crippen LogP contribution in [0.4, 0.5) is 0 Å². The summed E-state index contributed by atoms with van der Waals surface area (Å²) in [6.07, 6.45) is 0. The van der Waals surface area contributed by atoms with E-state index in [1.54, 1.807) is 18.9 Å². The van der Waals surface area contributed by atoms with E-state index in [2.05, 4.69) is 37.3 Å². The van der Waals surface area contributed by atoms with E-state index in [4.69, 9.17) is 10.5 Å². The van der Waals surface area contributed by atoms with Crippen molar-refractivity contribution in [3.63, 3.8) is 0 Å². The predicted octanol–water partition coefficient (Wildman–Crippen LogP) is 3.80. The van der Waals surface area contributed by atoms with Crippen molar-refractivity contribution < 1.29 is 4.74 Å². The zero-order chi connectivity index (χ0) is 13.7. The molecule has 0 saturated carbocycles. The molecule has 0 amide bonds. The van der Waals surface area contributed by atoms with E-state index in [0.717, 1.165) is 11.3 Å². The molecule has 0 bridgehead atoms. The predicted molar refractivity (Wildman–Crippen MR) is 81.8 cm³/mol. The van der Waals surface area contributed by atoms with Gasteiger partial charge in [0.2, 0.25) is 0 Å². The van der Waals surface area contributed by atoms with Crippen molar-refractivity contribution in [1.29, 1.82) is 0 Å². The van der Waals surface area contributed by atoms with Gasteiger partial charge in [-0.15, -0.1) is 11.8 Å². The lowest BCUT2D eigenvalue weighted by molar-refractivity contribution is 0.409. The van der Waals surface area contributed by atoms with Gasteiger partial charge in [0.1, 0.15) is 5.75 Å². The second-order valence-electron chi connectivity index (χ2n) is 4.40. The minimum Gasteiger partial charge on any atom is -0.496 e. The molecule has 0 aliphatic heterocycles. The average molecular weight is 273 g/mol. The Balaban J connectivity index is 2.22. The van der Waals surface area contributed by atoms with Gasteiger partial charge in [-0.1, -0.05) is 35.9 Å². The Morgan fingerprint density at radius 3 is 2.42 bits per heavy atom. The normalized spacial score (nSPS) is 12.2. The SMILES string of the molecule is COc1ccccc1C(CN)Sc1ccc(C)cc1. The molecule has 0 fully saturated rings. The van der Waals surface area contributed by atoms with Crippen molar-refractivity contribution >= 4 is 11.8 Å². The van der Waals surface area contributed by atoms with E-state index in [1.807, 2.05) is 18.2 Å². The lowest BCUT2D eigenvalue weighted by Gasteiger charge is -2.17. The van der Waals surface area contributed by atoms with E-state index < -0.39 is 0 Å². The van der Waals surface area contributed by atoms with E-state index in [9.17, 15) is 0 Å². The Morgan fingerprint density at radius 2 is 1.79 bits per heavy atom. The third kappa shape index (κ3) is 3.52. The summed E-state index contributed by atoms with van der Waals surface area (Å²) < 4.78 is 5.42. The number of ether oxygens (including phenoxy) is 1. The van der Waals surface area contributed by atoms with Gasteiger partial charge in [0.15, 0.2) is 0 Å². The number of nitrogens with two attached hydrogens (primary N) is 1. The number of hydrogen-bond acceptors (Lipinski definition) is 3. The van der Waals surface area contributed by atoms with Crippen LogP contribution in [0.1, 0.15) is 16.4 Å². The molecular weight excluding hydrogens is 254 g/mol. The summed E-state index contributed by atoms with van der Waals surface area (Å²) in [5, 5.41) is 0.207. The van der Waals surface area contributed by atoms with Gasteiger partial charge in [0, 0.05) is 17.0 Å². The van der Waals surface area contributed by atoms with Crippen LogP contribution >= 0.6 is 11.8 Å². The van der Waals surface area contributed by atoms with Gasteiger partial charge in [-0.3, -0.25) is 0 Å². The second kappa shape index (κ2) is 6.64. The number of thioether (sulfide) groups is 1. The molecule has 2 N–H and O–H groups in total. The zero-order valence-electron chi connectivity index (χ0n) is 11.3. The summed E-state index contributed by atoms with van der Waals surface area (Å²) in [6.45, 7) is 2.67. The van der Waals surface area contributed by atoms with Crippen LogP contribution in [0.5, 0.6) is 5.75 Å². The standard InChI is InChI=1S/C16H19NOS/c1-12-7-9-13(10-8-12)19-16(11-17)14-5-3-4-6-15(14)18-2/h3-10,16H,11,17H2,1-2H3. The number of benzene rings is 2. The Bertz CT molecular complexity index is 525. The Labute approximate surface area is 119 Å². The van der Waals surface area contributed by atoms with Crippen molar-refractivity contribution in [2.75, 3.05) is 13.7 Å². The number of hydrogen-bond donors (Lipinski definition) is 1. The van der Waals surface area contributed by atoms with Gasteiger partial charge in [-0.25, -0.2) is 0 Å². The molecule has 0 spiro atoms. The molecule has 19 heavy (non-hydrogen) atoms. The molecule has 3 heteroatoms. The smallest absolute Gasteiger partial charge is 0.123 e. The Hall–Kier alpha value is -1.45. The molecule has 0 radical (unpaired) electrons. The Morgan fingerprint density at radius 1 is 1.11 bits per heavy atom. The quantitative estimate of drug-likeness (QED) is 0.842. The van der Waals surface area contributed by atoms with Crippen molar-refractivity contribution in [2.45, 2.75) is 17.1 Å². The highest BCUT2D eigenvalue weighted by Crippen LogP contribution is 2.38. The molecular formula is C16H19NOS. The van der Waals surface area contributed by atoms with Gasteiger partial charge in [-0.2, -0.15) is 0 Å². The highest BCUT2D eigenvalue weighted by molar-refractivity contribution is 7.99. The van der Waals surface area contributed by atoms with Gasteiger partial charge < -0.3 is 10.5 Å². The van der Waals surface area contributed by atoms with Gasteiger partial charge in [0.25, 0.3) is 0 Å². The Kier molecular flexibility index (Phi) is 4.88. The number of aryl methyl sites for hydroxylation is 1. The van der Waals surface area contributed by atoms with Crippen LogP contribution in [0, 0.1) is 6.92 Å². The van der Waals surface area contributed by atoms with Crippen LogP contribution < -0.4 is 10.5 Å². The van der Waals surface area contributed by atoms with Gasteiger partial charge in [0.05, 0.1) is 12.4 Å². The van der Waals surface area contributed by atoms with E-state index >= 15 is 0 Å². The maximum absolute atomic E-state index is 5.93. The van der Waals surface area contributed by atoms with E-state index in [1.165, 1.54) is 10.5 Å². The molecule has 2 aromatic rings. The molecule has 0 heterocycles. The number of para-hydroxylation sites is 1. The molecule has 0 aliphatic carbocycles. The summed E-state index contributed by atoms with van der Waals surface area (Å²) in [4.78, 5) is 1.23. The summed E-state index contributed by atoms with van der Waals surface area (Å²) in [5.41, 5.74) is 8.35. The highest BCUT2D eigenvalue weighted by atomic mass is 32.2. The first kappa shape index (κ1) is 14.0. The van der Waals surface area contributed by atoms with Crippen molar-refractivity contribution in [3.05, 3.63) is 59.7 Å². The maximum Gasteiger partial charge on any atom is 0.123 e. The van der Waals surface area contributed by atoms with Crippen LogP contribution in [0.2, 0.25) is 0 Å². The van der Waals surface area contributed by atoms with Crippen LogP contribution in [0.15, 0.2) is 53.4 Å². The fourth-order valence-corrected chi connectivity index (χ4v) is 2.99. The number of methoxy groups -OCH3 is 1. The van der Waals surface area contributed by atoms with Crippen LogP contribution in [-0.2, 0) is 0 Å². The first-order valence-corrected chi connectivity index (χ1v) is 7.19. The molecule has 100 valence electrons. The van der Waals surface area contributed by atoms with E-state index in [0.29, 0.717) is 6.54 Å². The summed E-state index contributed by atoms with van der Waals surface area (Å²) in [6, 6.07) is 16.6. The third-order valence-electron chi connectivity index (χ3n) is 3.00. The van der Waals surface area contributed by atoms with Crippen molar-refractivity contribution in [1.82, 2.24) is 0 Å². The minimum absolute atomic E-state index is 0.207.